The largest absolute Gasteiger partial charge is 0.373 e. The van der Waals surface area contributed by atoms with Gasteiger partial charge in [-0.2, -0.15) is 0 Å². The van der Waals surface area contributed by atoms with E-state index in [1.54, 1.807) is 6.33 Å². The topological polar surface area (TPSA) is 67.7 Å². The average Bonchev–Trinajstić information content (AvgIpc) is 2.77. The molecule has 0 fully saturated rings. The smallest absolute Gasteiger partial charge is 0.134 e. The third-order valence-corrected chi connectivity index (χ3v) is 2.88. The fourth-order valence-corrected chi connectivity index (χ4v) is 1.81. The van der Waals surface area contributed by atoms with E-state index in [1.165, 1.54) is 0 Å². The van der Waals surface area contributed by atoms with Crippen molar-refractivity contribution in [2.75, 3.05) is 24.2 Å². The van der Waals surface area contributed by atoms with Gasteiger partial charge in [0.25, 0.3) is 0 Å². The highest BCUT2D eigenvalue weighted by Gasteiger charge is 2.05. The van der Waals surface area contributed by atoms with Gasteiger partial charge < -0.3 is 15.2 Å². The number of nitrogens with zero attached hydrogens (tertiary/aromatic N) is 4. The summed E-state index contributed by atoms with van der Waals surface area (Å²) < 4.78 is 2.02. The number of imidazole rings is 1. The summed E-state index contributed by atoms with van der Waals surface area (Å²) in [6.07, 6.45) is 6.18. The molecule has 0 radical (unpaired) electrons. The Bertz CT molecular complexity index is 519. The van der Waals surface area contributed by atoms with Crippen molar-refractivity contribution in [3.63, 3.8) is 0 Å². The summed E-state index contributed by atoms with van der Waals surface area (Å²) >= 11 is 0. The van der Waals surface area contributed by atoms with Gasteiger partial charge in [0.05, 0.1) is 0 Å². The SMILES string of the molecule is CNc1ncnc(NCCc2nccn2C)c1C. The van der Waals surface area contributed by atoms with Crippen LogP contribution in [-0.4, -0.2) is 33.1 Å². The highest BCUT2D eigenvalue weighted by atomic mass is 15.1. The Morgan fingerprint density at radius 1 is 1.22 bits per heavy atom. The zero-order valence-electron chi connectivity index (χ0n) is 10.9. The first-order chi connectivity index (χ1) is 8.72. The van der Waals surface area contributed by atoms with Gasteiger partial charge in [0.15, 0.2) is 0 Å². The van der Waals surface area contributed by atoms with Crippen molar-refractivity contribution in [1.82, 2.24) is 19.5 Å². The Balaban J connectivity index is 1.96. The molecule has 6 nitrogen and oxygen atoms in total. The molecule has 0 saturated carbocycles. The number of nitrogens with one attached hydrogen (secondary N) is 2. The van der Waals surface area contributed by atoms with Crippen LogP contribution >= 0.6 is 0 Å². The van der Waals surface area contributed by atoms with Crippen molar-refractivity contribution < 1.29 is 0 Å². The van der Waals surface area contributed by atoms with E-state index in [2.05, 4.69) is 25.6 Å². The Morgan fingerprint density at radius 2 is 2.00 bits per heavy atom. The maximum atomic E-state index is 4.28. The van der Waals surface area contributed by atoms with Gasteiger partial charge in [-0.1, -0.05) is 0 Å². The van der Waals surface area contributed by atoms with E-state index in [0.29, 0.717) is 0 Å². The molecule has 18 heavy (non-hydrogen) atoms. The third kappa shape index (κ3) is 2.58. The first kappa shape index (κ1) is 12.3. The third-order valence-electron chi connectivity index (χ3n) is 2.88. The van der Waals surface area contributed by atoms with Crippen LogP contribution in [0.3, 0.4) is 0 Å². The van der Waals surface area contributed by atoms with Gasteiger partial charge in [-0.15, -0.1) is 0 Å². The molecule has 2 rings (SSSR count). The van der Waals surface area contributed by atoms with Crippen LogP contribution in [0.1, 0.15) is 11.4 Å². The van der Waals surface area contributed by atoms with Crippen LogP contribution in [0, 0.1) is 6.92 Å². The minimum absolute atomic E-state index is 0.797. The molecular weight excluding hydrogens is 228 g/mol. The van der Waals surface area contributed by atoms with E-state index in [1.807, 2.05) is 38.0 Å². The van der Waals surface area contributed by atoms with Gasteiger partial charge in [0, 0.05) is 45.0 Å². The van der Waals surface area contributed by atoms with E-state index in [-0.39, 0.29) is 0 Å². The van der Waals surface area contributed by atoms with Crippen molar-refractivity contribution in [1.29, 1.82) is 0 Å². The molecular formula is C12H18N6. The molecule has 2 heterocycles. The van der Waals surface area contributed by atoms with Crippen molar-refractivity contribution >= 4 is 11.6 Å². The summed E-state index contributed by atoms with van der Waals surface area (Å²) in [5.41, 5.74) is 1.03. The molecule has 6 heteroatoms. The van der Waals surface area contributed by atoms with E-state index >= 15 is 0 Å². The number of aryl methyl sites for hydroxylation is 1. The number of rotatable bonds is 5. The minimum Gasteiger partial charge on any atom is -0.373 e. The zero-order valence-corrected chi connectivity index (χ0v) is 10.9. The number of hydrogen-bond donors (Lipinski definition) is 2. The summed E-state index contributed by atoms with van der Waals surface area (Å²) in [5, 5.41) is 6.35. The van der Waals surface area contributed by atoms with Gasteiger partial charge in [-0.25, -0.2) is 15.0 Å². The number of aromatic nitrogens is 4. The Labute approximate surface area is 106 Å². The Morgan fingerprint density at radius 3 is 2.67 bits per heavy atom. The van der Waals surface area contributed by atoms with Crippen LogP contribution in [0.5, 0.6) is 0 Å². The molecule has 0 unspecified atom stereocenters. The number of anilines is 2. The van der Waals surface area contributed by atoms with Crippen LogP contribution in [0.2, 0.25) is 0 Å². The molecule has 0 aromatic carbocycles. The monoisotopic (exact) mass is 246 g/mol. The molecule has 2 aromatic rings. The molecule has 0 amide bonds. The molecule has 96 valence electrons. The normalized spacial score (nSPS) is 10.4. The lowest BCUT2D eigenvalue weighted by atomic mass is 10.3. The lowest BCUT2D eigenvalue weighted by Gasteiger charge is -2.10. The molecule has 0 aliphatic carbocycles. The average molecular weight is 246 g/mol. The molecule has 0 spiro atoms. The quantitative estimate of drug-likeness (QED) is 0.830. The van der Waals surface area contributed by atoms with Crippen molar-refractivity contribution in [2.24, 2.45) is 7.05 Å². The molecule has 2 N–H and O–H groups in total. The molecule has 0 atom stereocenters. The standard InChI is InChI=1S/C12H18N6/c1-9-11(13-2)16-8-17-12(9)15-5-4-10-14-6-7-18(10)3/h6-8H,4-5H2,1-3H3,(H2,13,15,16,17). The Kier molecular flexibility index (Phi) is 3.76. The zero-order chi connectivity index (χ0) is 13.0. The van der Waals surface area contributed by atoms with Crippen molar-refractivity contribution in [2.45, 2.75) is 13.3 Å². The predicted octanol–water partition coefficient (Wildman–Crippen LogP) is 1.21. The molecule has 0 saturated heterocycles. The fourth-order valence-electron chi connectivity index (χ4n) is 1.81. The maximum absolute atomic E-state index is 4.28. The van der Waals surface area contributed by atoms with E-state index in [9.17, 15) is 0 Å². The van der Waals surface area contributed by atoms with E-state index < -0.39 is 0 Å². The first-order valence-electron chi connectivity index (χ1n) is 5.91. The van der Waals surface area contributed by atoms with Crippen LogP contribution < -0.4 is 10.6 Å². The molecule has 0 aliphatic rings. The summed E-state index contributed by atoms with van der Waals surface area (Å²) in [6.45, 7) is 2.79. The van der Waals surface area contributed by atoms with Gasteiger partial charge in [0.1, 0.15) is 23.8 Å². The lowest BCUT2D eigenvalue weighted by molar-refractivity contribution is 0.788. The minimum atomic E-state index is 0.797. The van der Waals surface area contributed by atoms with Gasteiger partial charge >= 0.3 is 0 Å². The van der Waals surface area contributed by atoms with E-state index in [0.717, 1.165) is 36.0 Å². The second-order valence-electron chi connectivity index (χ2n) is 4.08. The Hall–Kier alpha value is -2.11. The first-order valence-corrected chi connectivity index (χ1v) is 5.91. The van der Waals surface area contributed by atoms with Gasteiger partial charge in [-0.3, -0.25) is 0 Å². The highest BCUT2D eigenvalue weighted by molar-refractivity contribution is 5.55. The highest BCUT2D eigenvalue weighted by Crippen LogP contribution is 2.17. The summed E-state index contributed by atoms with van der Waals surface area (Å²) in [4.78, 5) is 12.7. The summed E-state index contributed by atoms with van der Waals surface area (Å²) in [5.74, 6) is 2.77. The molecule has 0 bridgehead atoms. The second-order valence-corrected chi connectivity index (χ2v) is 4.08. The number of hydrogen-bond acceptors (Lipinski definition) is 5. The van der Waals surface area contributed by atoms with Crippen LogP contribution in [0.4, 0.5) is 11.6 Å². The predicted molar refractivity (Wildman–Crippen MR) is 71.7 cm³/mol. The van der Waals surface area contributed by atoms with Crippen LogP contribution in [0.25, 0.3) is 0 Å². The van der Waals surface area contributed by atoms with Crippen LogP contribution in [0.15, 0.2) is 18.7 Å². The van der Waals surface area contributed by atoms with Gasteiger partial charge in [0.2, 0.25) is 0 Å². The fraction of sp³-hybridized carbons (Fsp3) is 0.417. The van der Waals surface area contributed by atoms with Crippen LogP contribution in [-0.2, 0) is 13.5 Å². The lowest BCUT2D eigenvalue weighted by Crippen LogP contribution is -2.11. The second kappa shape index (κ2) is 5.48. The van der Waals surface area contributed by atoms with Crippen molar-refractivity contribution in [3.05, 3.63) is 30.1 Å². The molecule has 0 aliphatic heterocycles. The summed E-state index contributed by atoms with van der Waals surface area (Å²) in [7, 11) is 3.85. The summed E-state index contributed by atoms with van der Waals surface area (Å²) in [6, 6.07) is 0. The maximum Gasteiger partial charge on any atom is 0.134 e. The molecule has 2 aromatic heterocycles. The van der Waals surface area contributed by atoms with Crippen molar-refractivity contribution in [3.8, 4) is 0 Å². The van der Waals surface area contributed by atoms with Gasteiger partial charge in [-0.05, 0) is 6.92 Å². The van der Waals surface area contributed by atoms with E-state index in [4.69, 9.17) is 0 Å².